The molecule has 0 aliphatic heterocycles. The van der Waals surface area contributed by atoms with Crippen molar-refractivity contribution in [1.29, 1.82) is 0 Å². The van der Waals surface area contributed by atoms with Gasteiger partial charge in [-0.15, -0.1) is 0 Å². The Morgan fingerprint density at radius 1 is 0.867 bits per heavy atom. The summed E-state index contributed by atoms with van der Waals surface area (Å²) in [4.78, 5) is 0. The number of fused-ring (bicyclic) bond motifs is 1. The summed E-state index contributed by atoms with van der Waals surface area (Å²) in [5, 5.41) is 2.47. The molecule has 2 rings (SSSR count). The summed E-state index contributed by atoms with van der Waals surface area (Å²) in [7, 11) is 0. The summed E-state index contributed by atoms with van der Waals surface area (Å²) in [6, 6.07) is 12.6. The fourth-order valence-electron chi connectivity index (χ4n) is 1.73. The zero-order valence-corrected chi connectivity index (χ0v) is 9.54. The van der Waals surface area contributed by atoms with Crippen LogP contribution in [0.1, 0.15) is 26.3 Å². The van der Waals surface area contributed by atoms with E-state index in [9.17, 15) is 0 Å². The Balaban J connectivity index is 2.64. The van der Waals surface area contributed by atoms with Gasteiger partial charge in [0, 0.05) is 5.69 Å². The second-order valence-corrected chi connectivity index (χ2v) is 5.07. The Kier molecular flexibility index (Phi) is 2.18. The first-order valence-corrected chi connectivity index (χ1v) is 5.26. The molecular weight excluding hydrogens is 182 g/mol. The first kappa shape index (κ1) is 10.0. The molecule has 0 saturated heterocycles. The molecule has 0 aromatic heterocycles. The molecule has 0 spiro atoms. The van der Waals surface area contributed by atoms with Crippen LogP contribution in [0.15, 0.2) is 36.4 Å². The lowest BCUT2D eigenvalue weighted by molar-refractivity contribution is 0.591. The molecular formula is C14H17N. The number of hydrogen-bond acceptors (Lipinski definition) is 1. The molecule has 0 atom stereocenters. The standard InChI is InChI=1S/C14H17N/c1-14(2,3)12-6-4-10-5-7-13(15)9-11(10)8-12/h4-9H,15H2,1-3H3. The highest BCUT2D eigenvalue weighted by atomic mass is 14.5. The van der Waals surface area contributed by atoms with Crippen LogP contribution >= 0.6 is 0 Å². The SMILES string of the molecule is CC(C)(C)c1ccc2ccc(N)cc2c1. The van der Waals surface area contributed by atoms with Crippen molar-refractivity contribution < 1.29 is 0 Å². The van der Waals surface area contributed by atoms with E-state index in [0.717, 1.165) is 5.69 Å². The normalized spacial score (nSPS) is 11.9. The van der Waals surface area contributed by atoms with Gasteiger partial charge in [-0.25, -0.2) is 0 Å². The van der Waals surface area contributed by atoms with Gasteiger partial charge in [0.05, 0.1) is 0 Å². The summed E-state index contributed by atoms with van der Waals surface area (Å²) < 4.78 is 0. The zero-order valence-electron chi connectivity index (χ0n) is 9.54. The van der Waals surface area contributed by atoms with Gasteiger partial charge in [-0.3, -0.25) is 0 Å². The second-order valence-electron chi connectivity index (χ2n) is 5.07. The molecule has 0 aliphatic rings. The third-order valence-electron chi connectivity index (χ3n) is 2.73. The predicted molar refractivity (Wildman–Crippen MR) is 67.1 cm³/mol. The van der Waals surface area contributed by atoms with Crippen LogP contribution in [0.25, 0.3) is 10.8 Å². The molecule has 2 N–H and O–H groups in total. The fourth-order valence-corrected chi connectivity index (χ4v) is 1.73. The zero-order chi connectivity index (χ0) is 11.1. The van der Waals surface area contributed by atoms with Gasteiger partial charge < -0.3 is 5.73 Å². The number of hydrogen-bond donors (Lipinski definition) is 1. The summed E-state index contributed by atoms with van der Waals surface area (Å²) in [6.45, 7) is 6.67. The Bertz CT molecular complexity index is 492. The highest BCUT2D eigenvalue weighted by Crippen LogP contribution is 2.26. The second kappa shape index (κ2) is 3.27. The summed E-state index contributed by atoms with van der Waals surface area (Å²) in [5.41, 5.74) is 8.15. The van der Waals surface area contributed by atoms with Crippen molar-refractivity contribution in [1.82, 2.24) is 0 Å². The van der Waals surface area contributed by atoms with E-state index < -0.39 is 0 Å². The molecule has 0 aliphatic carbocycles. The lowest BCUT2D eigenvalue weighted by Gasteiger charge is -2.19. The third kappa shape index (κ3) is 1.96. The smallest absolute Gasteiger partial charge is 0.0320 e. The van der Waals surface area contributed by atoms with Crippen LogP contribution in [0.2, 0.25) is 0 Å². The maximum Gasteiger partial charge on any atom is 0.0320 e. The van der Waals surface area contributed by atoms with Crippen molar-refractivity contribution in [2.24, 2.45) is 0 Å². The molecule has 2 aromatic carbocycles. The summed E-state index contributed by atoms with van der Waals surface area (Å²) >= 11 is 0. The van der Waals surface area contributed by atoms with Crippen LogP contribution in [-0.2, 0) is 5.41 Å². The van der Waals surface area contributed by atoms with Crippen molar-refractivity contribution in [3.8, 4) is 0 Å². The van der Waals surface area contributed by atoms with Gasteiger partial charge in [0.1, 0.15) is 0 Å². The minimum Gasteiger partial charge on any atom is -0.399 e. The lowest BCUT2D eigenvalue weighted by Crippen LogP contribution is -2.10. The van der Waals surface area contributed by atoms with Crippen molar-refractivity contribution in [2.75, 3.05) is 5.73 Å². The van der Waals surface area contributed by atoms with Crippen molar-refractivity contribution >= 4 is 16.5 Å². The summed E-state index contributed by atoms with van der Waals surface area (Å²) in [5.74, 6) is 0. The minimum atomic E-state index is 0.193. The number of nitrogen functional groups attached to an aromatic ring is 1. The van der Waals surface area contributed by atoms with Gasteiger partial charge >= 0.3 is 0 Å². The number of nitrogens with two attached hydrogens (primary N) is 1. The van der Waals surface area contributed by atoms with Crippen molar-refractivity contribution in [3.63, 3.8) is 0 Å². The quantitative estimate of drug-likeness (QED) is 0.643. The van der Waals surface area contributed by atoms with Gasteiger partial charge in [-0.1, -0.05) is 45.0 Å². The highest BCUT2D eigenvalue weighted by Gasteiger charge is 2.13. The lowest BCUT2D eigenvalue weighted by atomic mass is 9.86. The Morgan fingerprint density at radius 3 is 2.20 bits per heavy atom. The van der Waals surface area contributed by atoms with Crippen LogP contribution < -0.4 is 5.73 Å². The summed E-state index contributed by atoms with van der Waals surface area (Å²) in [6.07, 6.45) is 0. The average molecular weight is 199 g/mol. The van der Waals surface area contributed by atoms with Crippen LogP contribution in [-0.4, -0.2) is 0 Å². The van der Waals surface area contributed by atoms with E-state index >= 15 is 0 Å². The topological polar surface area (TPSA) is 26.0 Å². The largest absolute Gasteiger partial charge is 0.399 e. The van der Waals surface area contributed by atoms with E-state index in [-0.39, 0.29) is 5.41 Å². The van der Waals surface area contributed by atoms with Gasteiger partial charge in [0.25, 0.3) is 0 Å². The molecule has 0 fully saturated rings. The minimum absolute atomic E-state index is 0.193. The first-order valence-electron chi connectivity index (χ1n) is 5.26. The van der Waals surface area contributed by atoms with E-state index in [1.165, 1.54) is 16.3 Å². The van der Waals surface area contributed by atoms with Crippen molar-refractivity contribution in [3.05, 3.63) is 42.0 Å². The molecule has 0 unspecified atom stereocenters. The van der Waals surface area contributed by atoms with E-state index in [1.807, 2.05) is 12.1 Å². The monoisotopic (exact) mass is 199 g/mol. The predicted octanol–water partition coefficient (Wildman–Crippen LogP) is 3.72. The highest BCUT2D eigenvalue weighted by molar-refractivity contribution is 5.86. The molecule has 0 amide bonds. The molecule has 15 heavy (non-hydrogen) atoms. The molecule has 0 saturated carbocycles. The number of rotatable bonds is 0. The van der Waals surface area contributed by atoms with E-state index in [0.29, 0.717) is 0 Å². The van der Waals surface area contributed by atoms with Gasteiger partial charge in [0.2, 0.25) is 0 Å². The van der Waals surface area contributed by atoms with Crippen LogP contribution in [0, 0.1) is 0 Å². The van der Waals surface area contributed by atoms with Crippen molar-refractivity contribution in [2.45, 2.75) is 26.2 Å². The first-order chi connectivity index (χ1) is 6.97. The van der Waals surface area contributed by atoms with Crippen LogP contribution in [0.3, 0.4) is 0 Å². The molecule has 1 heteroatoms. The average Bonchev–Trinajstić information content (AvgIpc) is 2.15. The number of benzene rings is 2. The molecule has 2 aromatic rings. The van der Waals surface area contributed by atoms with E-state index in [4.69, 9.17) is 5.73 Å². The van der Waals surface area contributed by atoms with Gasteiger partial charge in [-0.2, -0.15) is 0 Å². The molecule has 1 nitrogen and oxygen atoms in total. The third-order valence-corrected chi connectivity index (χ3v) is 2.73. The van der Waals surface area contributed by atoms with Gasteiger partial charge in [0.15, 0.2) is 0 Å². The molecule has 0 bridgehead atoms. The Labute approximate surface area is 90.9 Å². The molecule has 78 valence electrons. The Morgan fingerprint density at radius 2 is 1.53 bits per heavy atom. The fraction of sp³-hybridized carbons (Fsp3) is 0.286. The number of anilines is 1. The van der Waals surface area contributed by atoms with E-state index in [1.54, 1.807) is 0 Å². The maximum absolute atomic E-state index is 5.78. The van der Waals surface area contributed by atoms with E-state index in [2.05, 4.69) is 45.0 Å². The Hall–Kier alpha value is -1.50. The maximum atomic E-state index is 5.78. The van der Waals surface area contributed by atoms with Crippen LogP contribution in [0.5, 0.6) is 0 Å². The van der Waals surface area contributed by atoms with Gasteiger partial charge in [-0.05, 0) is 33.9 Å². The molecule has 0 radical (unpaired) electrons. The molecule has 0 heterocycles. The van der Waals surface area contributed by atoms with Crippen LogP contribution in [0.4, 0.5) is 5.69 Å².